The third kappa shape index (κ3) is 17.8. The molecule has 148 heavy (non-hydrogen) atoms. The van der Waals surface area contributed by atoms with Gasteiger partial charge in [0.1, 0.15) is 0 Å². The van der Waals surface area contributed by atoms with Crippen LogP contribution in [0.3, 0.4) is 0 Å². The second-order valence-electron chi connectivity index (χ2n) is 37.3. The number of aromatic nitrogens is 6. The number of nitrogens with zero attached hydrogens (tertiary/aromatic N) is 9. The lowest BCUT2D eigenvalue weighted by molar-refractivity contribution is 1.18. The molecule has 0 saturated carbocycles. The average molecular weight is 1910 g/mol. The van der Waals surface area contributed by atoms with Crippen LogP contribution in [0.5, 0.6) is 0 Å². The van der Waals surface area contributed by atoms with Crippen LogP contribution in [0.1, 0.15) is 0 Å². The Bertz CT molecular complexity index is 9190. The van der Waals surface area contributed by atoms with Crippen molar-refractivity contribution in [2.45, 2.75) is 0 Å². The van der Waals surface area contributed by atoms with Gasteiger partial charge in [-0.3, -0.25) is 0 Å². The van der Waals surface area contributed by atoms with Gasteiger partial charge in [0.25, 0.3) is 0 Å². The highest BCUT2D eigenvalue weighted by atomic mass is 32.1. The van der Waals surface area contributed by atoms with Crippen LogP contribution in [0.15, 0.2) is 552 Å². The molecule has 694 valence electrons. The summed E-state index contributed by atoms with van der Waals surface area (Å²) in [6, 6.07) is 196. The van der Waals surface area contributed by atoms with E-state index in [2.05, 4.69) is 549 Å². The largest absolute Gasteiger partial charge is 0.310 e. The molecule has 0 N–H and O–H groups in total. The molecule has 4 aliphatic heterocycles. The Morgan fingerprint density at radius 2 is 0.358 bits per heavy atom. The second kappa shape index (κ2) is 39.1. The Kier molecular flexibility index (Phi) is 23.4. The van der Waals surface area contributed by atoms with Gasteiger partial charge in [-0.1, -0.05) is 382 Å². The van der Waals surface area contributed by atoms with Crippen LogP contribution < -0.4 is 14.7 Å². The van der Waals surface area contributed by atoms with Crippen molar-refractivity contribution in [3.05, 3.63) is 552 Å². The molecule has 0 spiro atoms. The summed E-state index contributed by atoms with van der Waals surface area (Å²) in [6.07, 6.45) is 0. The number of para-hydroxylation sites is 2. The van der Waals surface area contributed by atoms with E-state index >= 15 is 0 Å². The summed E-state index contributed by atoms with van der Waals surface area (Å²) in [5, 5.41) is 2.57. The molecule has 10 heteroatoms. The Morgan fingerprint density at radius 1 is 0.122 bits per heavy atom. The zero-order valence-corrected chi connectivity index (χ0v) is 81.3. The third-order valence-electron chi connectivity index (χ3n) is 28.0. The first-order chi connectivity index (χ1) is 73.3. The maximum Gasteiger partial charge on any atom is 0.160 e. The van der Waals surface area contributed by atoms with E-state index in [9.17, 15) is 0 Å². The van der Waals surface area contributed by atoms with E-state index in [0.717, 1.165) is 202 Å². The lowest BCUT2D eigenvalue weighted by atomic mass is 9.91. The second-order valence-corrected chi connectivity index (χ2v) is 38.4. The molecule has 30 bridgehead atoms. The van der Waals surface area contributed by atoms with E-state index in [1.54, 1.807) is 0 Å². The zero-order valence-electron chi connectivity index (χ0n) is 80.5. The minimum atomic E-state index is 0.697. The highest BCUT2D eigenvalue weighted by Crippen LogP contribution is 2.49. The average Bonchev–Trinajstić information content (AvgIpc) is 1.61. The van der Waals surface area contributed by atoms with E-state index in [1.165, 1.54) is 42.4 Å². The predicted octanol–water partition coefficient (Wildman–Crippen LogP) is 37.5. The van der Waals surface area contributed by atoms with Crippen molar-refractivity contribution < 1.29 is 0 Å². The summed E-state index contributed by atoms with van der Waals surface area (Å²) >= 11 is 1.85. The standard InChI is InChI=1S/C46H29N3S.2C46H31N3/c1-2-10-30(11-3-1)42-29-43-35-16-6-12-31(24-35)33-14-8-18-37(26-33)49(39-22-23-45-41(28-39)40-20-4-5-21-44(40)50-45)38-19-9-15-34(27-38)32-13-7-17-36(25-32)46(47-42)48-43;1-4-13-32(14-5-1)42-26-25-37-30-43(42)36-19-12-24-41(29-36)49(39-21-8-3-9-22-39)40-23-11-18-35(28-40)34-17-10-20-38(27-34)46-47-44(31-45(37)48-46)33-15-6-2-7-16-33;1-3-12-33(13-4-1)44-31-45-34-26-24-32(25-27-34)42-22-7-8-23-43(42)37-16-11-21-41(30-37)49(39-18-5-2-6-19-39)40-20-10-15-36(29-40)35-14-9-17-38(28-35)46(47-44)48-45/h1-29H;2*1-31H. The van der Waals surface area contributed by atoms with Crippen molar-refractivity contribution in [2.24, 2.45) is 0 Å². The fraction of sp³-hybridized carbons (Fsp3) is 0. The first-order valence-electron chi connectivity index (χ1n) is 50.0. The summed E-state index contributed by atoms with van der Waals surface area (Å²) < 4.78 is 2.60. The molecule has 9 nitrogen and oxygen atoms in total. The van der Waals surface area contributed by atoms with Crippen LogP contribution in [-0.2, 0) is 0 Å². The molecular formula is C138H91N9S. The molecule has 29 rings (SSSR count). The van der Waals surface area contributed by atoms with E-state index in [4.69, 9.17) is 29.9 Å². The van der Waals surface area contributed by atoms with Gasteiger partial charge >= 0.3 is 0 Å². The maximum absolute atomic E-state index is 5.23. The van der Waals surface area contributed by atoms with Gasteiger partial charge in [0, 0.05) is 121 Å². The number of hydrogen-bond acceptors (Lipinski definition) is 10. The molecule has 0 amide bonds. The van der Waals surface area contributed by atoms with Gasteiger partial charge in [-0.2, -0.15) is 0 Å². The predicted molar refractivity (Wildman–Crippen MR) is 616 cm³/mol. The number of fused-ring (bicyclic) bond motifs is 33. The highest BCUT2D eigenvalue weighted by molar-refractivity contribution is 7.25. The normalized spacial score (nSPS) is 11.7. The van der Waals surface area contributed by atoms with Gasteiger partial charge in [-0.15, -0.1) is 11.3 Å². The van der Waals surface area contributed by atoms with Crippen molar-refractivity contribution in [1.29, 1.82) is 0 Å². The van der Waals surface area contributed by atoms with Crippen molar-refractivity contribution in [3.63, 3.8) is 0 Å². The van der Waals surface area contributed by atoms with Gasteiger partial charge < -0.3 is 14.7 Å². The van der Waals surface area contributed by atoms with E-state index < -0.39 is 0 Å². The summed E-state index contributed by atoms with van der Waals surface area (Å²) in [5.41, 5.74) is 42.7. The quantitative estimate of drug-likeness (QED) is 0.155. The van der Waals surface area contributed by atoms with Crippen LogP contribution >= 0.6 is 11.3 Å². The van der Waals surface area contributed by atoms with Crippen LogP contribution in [-0.4, -0.2) is 29.9 Å². The van der Waals surface area contributed by atoms with Gasteiger partial charge in [0.15, 0.2) is 17.5 Å². The minimum Gasteiger partial charge on any atom is -0.310 e. The summed E-state index contributed by atoms with van der Waals surface area (Å²) in [6.45, 7) is 0. The topological polar surface area (TPSA) is 87.1 Å². The molecule has 0 atom stereocenters. The lowest BCUT2D eigenvalue weighted by Gasteiger charge is -2.27. The number of rotatable bonds is 7. The highest BCUT2D eigenvalue weighted by Gasteiger charge is 2.26. The van der Waals surface area contributed by atoms with Gasteiger partial charge in [0.2, 0.25) is 0 Å². The Balaban J connectivity index is 0.000000112. The maximum atomic E-state index is 5.23. The fourth-order valence-corrected chi connectivity index (χ4v) is 21.8. The van der Waals surface area contributed by atoms with Crippen LogP contribution in [0, 0.1) is 0 Å². The first kappa shape index (κ1) is 88.6. The molecular weight excluding hydrogens is 1820 g/mol. The Morgan fingerprint density at radius 3 is 0.770 bits per heavy atom. The van der Waals surface area contributed by atoms with E-state index in [-0.39, 0.29) is 0 Å². The molecule has 8 heterocycles. The smallest absolute Gasteiger partial charge is 0.160 e. The molecule has 0 fully saturated rings. The van der Waals surface area contributed by atoms with Gasteiger partial charge in [0.05, 0.1) is 34.2 Å². The molecule has 0 aliphatic carbocycles. The van der Waals surface area contributed by atoms with Crippen molar-refractivity contribution in [2.75, 3.05) is 14.7 Å². The van der Waals surface area contributed by atoms with E-state index in [0.29, 0.717) is 17.5 Å². The minimum absolute atomic E-state index is 0.697. The van der Waals surface area contributed by atoms with Crippen molar-refractivity contribution in [3.8, 4) is 191 Å². The van der Waals surface area contributed by atoms with Crippen LogP contribution in [0.4, 0.5) is 51.2 Å². The number of thiophene rings is 1. The summed E-state index contributed by atoms with van der Waals surface area (Å²) in [4.78, 5) is 38.0. The number of benzene rings is 21. The molecule has 0 radical (unpaired) electrons. The van der Waals surface area contributed by atoms with Crippen molar-refractivity contribution in [1.82, 2.24) is 29.9 Å². The fourth-order valence-electron chi connectivity index (χ4n) is 20.7. The van der Waals surface area contributed by atoms with Crippen molar-refractivity contribution >= 4 is 82.7 Å². The summed E-state index contributed by atoms with van der Waals surface area (Å²) in [5.74, 6) is 2.10. The van der Waals surface area contributed by atoms with Crippen LogP contribution in [0.2, 0.25) is 0 Å². The zero-order chi connectivity index (χ0) is 98.2. The van der Waals surface area contributed by atoms with E-state index in [1.807, 2.05) is 29.5 Å². The van der Waals surface area contributed by atoms with Crippen LogP contribution in [0.25, 0.3) is 211 Å². The Labute approximate surface area is 863 Å². The van der Waals surface area contributed by atoms with Gasteiger partial charge in [-0.05, 0) is 259 Å². The summed E-state index contributed by atoms with van der Waals surface area (Å²) in [7, 11) is 0. The SMILES string of the molecule is c1ccc(-c2cc3nc(n2)-c2cccc(c2)-c2cccc(c2)N(c2ccc4sc5ccccc5c4c2)c2cccc(c2)-c2cccc-3c2)cc1.c1ccc(-c2cc3nc(n2)-c2cccc(c2)-c2cccc(c2)N(c2ccccc2)c2cccc(c2)-c2cc-3ccc2-c2ccccc2)cc1.c1ccc(-c2cc3nc(n2)-c2cccc(c2)-c2cccc(c2)N(c2ccccc2)c2cccc(c2)-c2ccccc2-c2ccc-3cc2)cc1. The molecule has 4 aliphatic rings. The number of hydrogen-bond donors (Lipinski definition) is 0. The van der Waals surface area contributed by atoms with Gasteiger partial charge in [-0.25, -0.2) is 29.9 Å². The molecule has 21 aromatic carbocycles. The molecule has 25 aromatic rings. The first-order valence-corrected chi connectivity index (χ1v) is 50.8. The molecule has 0 saturated heterocycles. The Hall–Kier alpha value is -19.5. The monoisotopic (exact) mass is 1910 g/mol. The number of anilines is 9. The lowest BCUT2D eigenvalue weighted by Crippen LogP contribution is -2.10. The third-order valence-corrected chi connectivity index (χ3v) is 29.1. The molecule has 4 aromatic heterocycles. The molecule has 0 unspecified atom stereocenters.